The molecule has 0 saturated heterocycles. The van der Waals surface area contributed by atoms with Crippen LogP contribution in [0.4, 0.5) is 0 Å². The summed E-state index contributed by atoms with van der Waals surface area (Å²) in [6.07, 6.45) is 6.47. The lowest BCUT2D eigenvalue weighted by Crippen LogP contribution is -2.51. The normalized spacial score (nSPS) is 15.3. The highest BCUT2D eigenvalue weighted by molar-refractivity contribution is 7.04. The van der Waals surface area contributed by atoms with Crippen LogP contribution in [0, 0.1) is 0 Å². The zero-order valence-electron chi connectivity index (χ0n) is 17.5. The predicted octanol–water partition coefficient (Wildman–Crippen LogP) is 5.43. The molecule has 0 heterocycles. The van der Waals surface area contributed by atoms with Crippen LogP contribution in [-0.2, 0) is 9.31 Å². The predicted molar refractivity (Wildman–Crippen MR) is 115 cm³/mol. The van der Waals surface area contributed by atoms with Gasteiger partial charge in [0.25, 0.3) is 0 Å². The number of hydrogen-bond acceptors (Lipinski definition) is 2. The molecule has 2 rings (SSSR count). The van der Waals surface area contributed by atoms with E-state index in [1.807, 2.05) is 0 Å². The van der Waals surface area contributed by atoms with Crippen LogP contribution in [0.1, 0.15) is 59.8 Å². The van der Waals surface area contributed by atoms with Crippen molar-refractivity contribution in [2.24, 2.45) is 0 Å². The third-order valence-electron chi connectivity index (χ3n) is 4.96. The van der Waals surface area contributed by atoms with Crippen LogP contribution < -0.4 is 5.19 Å². The van der Waals surface area contributed by atoms with E-state index in [-0.39, 0.29) is 19.3 Å². The van der Waals surface area contributed by atoms with E-state index in [0.29, 0.717) is 0 Å². The number of hydrogen-bond donors (Lipinski definition) is 0. The highest BCUT2D eigenvalue weighted by Gasteiger charge is 2.40. The summed E-state index contributed by atoms with van der Waals surface area (Å²) in [6.45, 7) is 13.1. The molecular weight excluding hydrogens is 335 g/mol. The van der Waals surface area contributed by atoms with Crippen LogP contribution in [0.15, 0.2) is 46.7 Å². The third-order valence-corrected chi connectivity index (χ3v) is 8.45. The molecule has 0 spiro atoms. The van der Waals surface area contributed by atoms with Gasteiger partial charge in [0, 0.05) is 12.2 Å². The summed E-state index contributed by atoms with van der Waals surface area (Å²) in [5.41, 5.74) is 5.30. The summed E-state index contributed by atoms with van der Waals surface area (Å²) in [7, 11) is -2.27. The van der Waals surface area contributed by atoms with Gasteiger partial charge in [-0.05, 0) is 64.0 Å². The first-order chi connectivity index (χ1) is 12.3. The molecule has 2 nitrogen and oxygen atoms in total. The van der Waals surface area contributed by atoms with Crippen LogP contribution in [0.25, 0.3) is 0 Å². The first-order valence-electron chi connectivity index (χ1n) is 10.2. The molecule has 0 bridgehead atoms. The molecule has 1 fully saturated rings. The largest absolute Gasteiger partial charge is 0.494 e. The molecule has 1 aromatic rings. The van der Waals surface area contributed by atoms with Gasteiger partial charge in [0.05, 0.1) is 0 Å². The van der Waals surface area contributed by atoms with Gasteiger partial charge in [0.15, 0.2) is 0 Å². The van der Waals surface area contributed by atoms with E-state index >= 15 is 0 Å². The molecule has 1 saturated carbocycles. The zero-order chi connectivity index (χ0) is 19.2. The van der Waals surface area contributed by atoms with Gasteiger partial charge in [0.1, 0.15) is 8.07 Å². The van der Waals surface area contributed by atoms with Crippen molar-refractivity contribution in [1.82, 2.24) is 0 Å². The smallest absolute Gasteiger partial charge is 0.405 e. The van der Waals surface area contributed by atoms with Gasteiger partial charge < -0.3 is 9.31 Å². The molecule has 26 heavy (non-hydrogen) atoms. The summed E-state index contributed by atoms with van der Waals surface area (Å²) >= 11 is 0. The van der Waals surface area contributed by atoms with Gasteiger partial charge in [-0.3, -0.25) is 0 Å². The second-order valence-corrected chi connectivity index (χ2v) is 12.8. The molecule has 0 unspecified atom stereocenters. The van der Waals surface area contributed by atoms with Crippen molar-refractivity contribution in [3.8, 4) is 0 Å². The number of benzene rings is 1. The molecule has 0 atom stereocenters. The quantitative estimate of drug-likeness (QED) is 0.470. The van der Waals surface area contributed by atoms with E-state index in [1.165, 1.54) is 48.0 Å². The summed E-state index contributed by atoms with van der Waals surface area (Å²) in [6, 6.07) is 10.9. The minimum Gasteiger partial charge on any atom is -0.405 e. The fraction of sp³-hybridized carbons (Fsp3) is 0.591. The second-order valence-electron chi connectivity index (χ2n) is 8.40. The Labute approximate surface area is 161 Å². The minimum atomic E-state index is -1.95. The van der Waals surface area contributed by atoms with Gasteiger partial charge in [-0.2, -0.15) is 0 Å². The fourth-order valence-electron chi connectivity index (χ4n) is 3.48. The Morgan fingerprint density at radius 3 is 1.96 bits per heavy atom. The Kier molecular flexibility index (Phi) is 7.97. The molecule has 1 aliphatic carbocycles. The van der Waals surface area contributed by atoms with E-state index in [4.69, 9.17) is 9.31 Å². The average molecular weight is 370 g/mol. The zero-order valence-corrected chi connectivity index (χ0v) is 18.5. The Morgan fingerprint density at radius 2 is 1.46 bits per heavy atom. The van der Waals surface area contributed by atoms with Crippen LogP contribution in [-0.4, -0.2) is 27.4 Å². The van der Waals surface area contributed by atoms with Gasteiger partial charge in [-0.1, -0.05) is 55.0 Å². The van der Waals surface area contributed by atoms with E-state index < -0.39 is 8.07 Å². The molecule has 1 aromatic carbocycles. The standard InChI is InChI=1S/C22H35BO2Si/c1-18(2)24-23(25-19(3)4)22(17-20-13-9-7-10-14-20)26(5,6)21-15-11-8-12-16-21/h8,11-12,15-16,18-19H,7,9-10,13-14H2,1-6H3. The van der Waals surface area contributed by atoms with Gasteiger partial charge in [-0.25, -0.2) is 0 Å². The van der Waals surface area contributed by atoms with Crippen molar-refractivity contribution >= 4 is 20.4 Å². The summed E-state index contributed by atoms with van der Waals surface area (Å²) in [5, 5.41) is 2.66. The van der Waals surface area contributed by atoms with Crippen LogP contribution in [0.2, 0.25) is 13.1 Å². The Morgan fingerprint density at radius 1 is 0.923 bits per heavy atom. The van der Waals surface area contributed by atoms with Crippen molar-refractivity contribution in [2.75, 3.05) is 0 Å². The monoisotopic (exact) mass is 370 g/mol. The highest BCUT2D eigenvalue weighted by atomic mass is 28.3. The second kappa shape index (κ2) is 9.75. The Bertz CT molecular complexity index is 613. The van der Waals surface area contributed by atoms with E-state index in [9.17, 15) is 0 Å². The number of rotatable bonds is 7. The maximum absolute atomic E-state index is 6.27. The Balaban J connectivity index is 2.55. The molecule has 0 N–H and O–H groups in total. The molecule has 0 aromatic heterocycles. The van der Waals surface area contributed by atoms with E-state index in [2.05, 4.69) is 76.9 Å². The molecule has 0 radical (unpaired) electrons. The van der Waals surface area contributed by atoms with Crippen molar-refractivity contribution in [1.29, 1.82) is 0 Å². The van der Waals surface area contributed by atoms with Gasteiger partial charge in [0.2, 0.25) is 0 Å². The first-order valence-corrected chi connectivity index (χ1v) is 13.2. The molecule has 142 valence electrons. The van der Waals surface area contributed by atoms with Crippen LogP contribution in [0.3, 0.4) is 0 Å². The SMILES string of the molecule is CC(C)OB(OC(C)C)C(=C=C1CCCCC1)[Si](C)(C)c1ccccc1. The third kappa shape index (κ3) is 5.99. The molecule has 0 amide bonds. The lowest BCUT2D eigenvalue weighted by molar-refractivity contribution is 0.137. The Hall–Kier alpha value is -1.06. The van der Waals surface area contributed by atoms with Crippen molar-refractivity contribution in [2.45, 2.75) is 85.1 Å². The number of allylic oxidation sites excluding steroid dienone is 1. The molecule has 1 aliphatic rings. The fourth-order valence-corrected chi connectivity index (χ4v) is 6.03. The molecule has 0 aliphatic heterocycles. The van der Waals surface area contributed by atoms with Crippen molar-refractivity contribution in [3.05, 3.63) is 46.7 Å². The molecular formula is C22H35BO2Si. The summed E-state index contributed by atoms with van der Waals surface area (Å²) in [5.74, 6) is 0. The lowest BCUT2D eigenvalue weighted by atomic mass is 9.86. The summed E-state index contributed by atoms with van der Waals surface area (Å²) in [4.78, 5) is 0. The van der Waals surface area contributed by atoms with Crippen molar-refractivity contribution < 1.29 is 9.31 Å². The van der Waals surface area contributed by atoms with Crippen LogP contribution in [0.5, 0.6) is 0 Å². The molecule has 4 heteroatoms. The van der Waals surface area contributed by atoms with E-state index in [1.54, 1.807) is 0 Å². The van der Waals surface area contributed by atoms with Gasteiger partial charge in [-0.15, -0.1) is 5.73 Å². The maximum Gasteiger partial charge on any atom is 0.494 e. The first kappa shape index (κ1) is 21.2. The minimum absolute atomic E-state index is 0.118. The summed E-state index contributed by atoms with van der Waals surface area (Å²) < 4.78 is 12.5. The van der Waals surface area contributed by atoms with Crippen molar-refractivity contribution in [3.63, 3.8) is 0 Å². The van der Waals surface area contributed by atoms with Gasteiger partial charge >= 0.3 is 7.12 Å². The van der Waals surface area contributed by atoms with E-state index in [0.717, 1.165) is 0 Å². The lowest BCUT2D eigenvalue weighted by Gasteiger charge is -2.31. The highest BCUT2D eigenvalue weighted by Crippen LogP contribution is 2.26. The topological polar surface area (TPSA) is 18.5 Å². The maximum atomic E-state index is 6.27. The van der Waals surface area contributed by atoms with Crippen LogP contribution >= 0.6 is 0 Å². The average Bonchev–Trinajstić information content (AvgIpc) is 2.60.